The highest BCUT2D eigenvalue weighted by molar-refractivity contribution is 5.85. The number of carbonyl (C=O) groups is 2. The largest absolute Gasteiger partial charge is 0.357 e. The monoisotopic (exact) mass is 445 g/mol. The molecule has 0 aromatic rings. The first-order chi connectivity index (χ1) is 14.3. The maximum atomic E-state index is 12.3. The van der Waals surface area contributed by atoms with Crippen molar-refractivity contribution in [1.29, 1.82) is 0 Å². The van der Waals surface area contributed by atoms with Gasteiger partial charge in [-0.15, -0.1) is 12.4 Å². The second-order valence-electron chi connectivity index (χ2n) is 8.72. The Morgan fingerprint density at radius 1 is 0.833 bits per heavy atom. The molecule has 1 heterocycles. The van der Waals surface area contributed by atoms with E-state index in [0.717, 1.165) is 51.9 Å². The SMILES string of the molecule is CCCCCCCCCCCCCCCNC(=O)C1CCN(CCNC=O)CC1.Cl. The number of piperidine rings is 1. The minimum absolute atomic E-state index is 0. The van der Waals surface area contributed by atoms with E-state index in [2.05, 4.69) is 22.5 Å². The summed E-state index contributed by atoms with van der Waals surface area (Å²) in [7, 11) is 0. The van der Waals surface area contributed by atoms with Gasteiger partial charge in [0.25, 0.3) is 0 Å². The number of rotatable bonds is 19. The first kappa shape index (κ1) is 29.2. The molecule has 5 nitrogen and oxygen atoms in total. The van der Waals surface area contributed by atoms with Crippen LogP contribution in [0.2, 0.25) is 0 Å². The molecule has 1 saturated heterocycles. The molecule has 0 spiro atoms. The zero-order valence-corrected chi connectivity index (χ0v) is 20.3. The van der Waals surface area contributed by atoms with E-state index < -0.39 is 0 Å². The van der Waals surface area contributed by atoms with Crippen LogP contribution in [0.25, 0.3) is 0 Å². The summed E-state index contributed by atoms with van der Waals surface area (Å²) in [4.78, 5) is 24.9. The maximum Gasteiger partial charge on any atom is 0.223 e. The highest BCUT2D eigenvalue weighted by Gasteiger charge is 2.24. The lowest BCUT2D eigenvalue weighted by atomic mass is 9.96. The second kappa shape index (κ2) is 21.4. The summed E-state index contributed by atoms with van der Waals surface area (Å²) in [6, 6.07) is 0. The van der Waals surface area contributed by atoms with Crippen LogP contribution in [-0.2, 0) is 9.59 Å². The molecule has 0 aromatic carbocycles. The van der Waals surface area contributed by atoms with Crippen LogP contribution in [-0.4, -0.2) is 49.9 Å². The van der Waals surface area contributed by atoms with Crippen molar-refractivity contribution in [3.8, 4) is 0 Å². The Morgan fingerprint density at radius 3 is 1.83 bits per heavy atom. The van der Waals surface area contributed by atoms with Crippen molar-refractivity contribution in [3.63, 3.8) is 0 Å². The van der Waals surface area contributed by atoms with E-state index in [0.29, 0.717) is 6.54 Å². The predicted octanol–water partition coefficient (Wildman–Crippen LogP) is 5.07. The fourth-order valence-electron chi connectivity index (χ4n) is 4.20. The molecule has 0 radical (unpaired) electrons. The standard InChI is InChI=1S/C24H47N3O2.ClH/c1-2-3-4-5-6-7-8-9-10-11-12-13-14-17-26-24(29)23-15-19-27(20-16-23)21-18-25-22-28;/h22-23H,2-21H2,1H3,(H,25,28)(H,26,29);1H. The number of unbranched alkanes of at least 4 members (excludes halogenated alkanes) is 12. The fourth-order valence-corrected chi connectivity index (χ4v) is 4.20. The Kier molecular flexibility index (Phi) is 20.8. The molecule has 2 amide bonds. The van der Waals surface area contributed by atoms with Crippen LogP contribution in [0.1, 0.15) is 103 Å². The van der Waals surface area contributed by atoms with Gasteiger partial charge in [-0.3, -0.25) is 9.59 Å². The van der Waals surface area contributed by atoms with Crippen molar-refractivity contribution in [2.75, 3.05) is 32.7 Å². The van der Waals surface area contributed by atoms with Gasteiger partial charge in [0.2, 0.25) is 12.3 Å². The lowest BCUT2D eigenvalue weighted by molar-refractivity contribution is -0.126. The molecule has 1 fully saturated rings. The molecular formula is C24H48ClN3O2. The van der Waals surface area contributed by atoms with Crippen LogP contribution in [0.4, 0.5) is 0 Å². The minimum atomic E-state index is 0. The predicted molar refractivity (Wildman–Crippen MR) is 129 cm³/mol. The van der Waals surface area contributed by atoms with Crippen molar-refractivity contribution < 1.29 is 9.59 Å². The van der Waals surface area contributed by atoms with E-state index in [-0.39, 0.29) is 24.2 Å². The Labute approximate surface area is 191 Å². The Bertz CT molecular complexity index is 402. The molecule has 0 bridgehead atoms. The number of nitrogens with zero attached hydrogens (tertiary/aromatic N) is 1. The fraction of sp³-hybridized carbons (Fsp3) is 0.917. The van der Waals surface area contributed by atoms with Gasteiger partial charge in [-0.1, -0.05) is 84.0 Å². The summed E-state index contributed by atoms with van der Waals surface area (Å²) < 4.78 is 0. The molecule has 0 unspecified atom stereocenters. The number of hydrogen-bond acceptors (Lipinski definition) is 3. The molecule has 0 saturated carbocycles. The highest BCUT2D eigenvalue weighted by Crippen LogP contribution is 2.17. The van der Waals surface area contributed by atoms with Crippen molar-refractivity contribution in [3.05, 3.63) is 0 Å². The average Bonchev–Trinajstić information content (AvgIpc) is 2.74. The zero-order chi connectivity index (χ0) is 21.0. The van der Waals surface area contributed by atoms with Crippen molar-refractivity contribution in [2.45, 2.75) is 103 Å². The molecule has 1 aliphatic heterocycles. The molecule has 1 aliphatic rings. The van der Waals surface area contributed by atoms with Gasteiger partial charge in [0.05, 0.1) is 0 Å². The van der Waals surface area contributed by atoms with Gasteiger partial charge in [0.1, 0.15) is 0 Å². The molecule has 6 heteroatoms. The zero-order valence-electron chi connectivity index (χ0n) is 19.5. The van der Waals surface area contributed by atoms with E-state index in [4.69, 9.17) is 0 Å². The first-order valence-electron chi connectivity index (χ1n) is 12.4. The number of nitrogens with one attached hydrogen (secondary N) is 2. The van der Waals surface area contributed by atoms with Gasteiger partial charge >= 0.3 is 0 Å². The van der Waals surface area contributed by atoms with E-state index in [1.54, 1.807) is 0 Å². The van der Waals surface area contributed by atoms with Crippen LogP contribution in [0.15, 0.2) is 0 Å². The van der Waals surface area contributed by atoms with Crippen molar-refractivity contribution in [1.82, 2.24) is 15.5 Å². The van der Waals surface area contributed by atoms with Crippen molar-refractivity contribution >= 4 is 24.7 Å². The summed E-state index contributed by atoms with van der Waals surface area (Å²) in [6.45, 7) is 6.59. The molecule has 2 N–H and O–H groups in total. The van der Waals surface area contributed by atoms with Gasteiger partial charge in [-0.05, 0) is 32.4 Å². The van der Waals surface area contributed by atoms with Crippen LogP contribution in [0, 0.1) is 5.92 Å². The second-order valence-corrected chi connectivity index (χ2v) is 8.72. The summed E-state index contributed by atoms with van der Waals surface area (Å²) in [6.07, 6.45) is 20.2. The minimum Gasteiger partial charge on any atom is -0.357 e. The first-order valence-corrected chi connectivity index (χ1v) is 12.4. The van der Waals surface area contributed by atoms with Crippen LogP contribution >= 0.6 is 12.4 Å². The third kappa shape index (κ3) is 16.0. The van der Waals surface area contributed by atoms with Crippen LogP contribution in [0.3, 0.4) is 0 Å². The molecule has 0 aliphatic carbocycles. The molecular weight excluding hydrogens is 398 g/mol. The van der Waals surface area contributed by atoms with Crippen LogP contribution < -0.4 is 10.6 Å². The number of likely N-dealkylation sites (tertiary alicyclic amines) is 1. The summed E-state index contributed by atoms with van der Waals surface area (Å²) in [5.41, 5.74) is 0. The number of carbonyl (C=O) groups excluding carboxylic acids is 2. The molecule has 1 rings (SSSR count). The number of hydrogen-bond donors (Lipinski definition) is 2. The highest BCUT2D eigenvalue weighted by atomic mass is 35.5. The van der Waals surface area contributed by atoms with Gasteiger partial charge in [0.15, 0.2) is 0 Å². The summed E-state index contributed by atoms with van der Waals surface area (Å²) >= 11 is 0. The smallest absolute Gasteiger partial charge is 0.223 e. The Morgan fingerprint density at radius 2 is 1.33 bits per heavy atom. The topological polar surface area (TPSA) is 61.4 Å². The van der Waals surface area contributed by atoms with Gasteiger partial charge in [-0.25, -0.2) is 0 Å². The quantitative estimate of drug-likeness (QED) is 0.215. The van der Waals surface area contributed by atoms with Gasteiger partial charge < -0.3 is 15.5 Å². The summed E-state index contributed by atoms with van der Waals surface area (Å²) in [5.74, 6) is 0.418. The number of halogens is 1. The summed E-state index contributed by atoms with van der Waals surface area (Å²) in [5, 5.41) is 5.84. The maximum absolute atomic E-state index is 12.3. The Balaban J connectivity index is 0.00000841. The molecule has 178 valence electrons. The lowest BCUT2D eigenvalue weighted by Gasteiger charge is -2.31. The van der Waals surface area contributed by atoms with Crippen LogP contribution in [0.5, 0.6) is 0 Å². The van der Waals surface area contributed by atoms with E-state index in [1.807, 2.05) is 0 Å². The molecule has 30 heavy (non-hydrogen) atoms. The average molecular weight is 446 g/mol. The van der Waals surface area contributed by atoms with Gasteiger partial charge in [0, 0.05) is 25.6 Å². The third-order valence-corrected chi connectivity index (χ3v) is 6.19. The van der Waals surface area contributed by atoms with Gasteiger partial charge in [-0.2, -0.15) is 0 Å². The Hall–Kier alpha value is -0.810. The third-order valence-electron chi connectivity index (χ3n) is 6.19. The van der Waals surface area contributed by atoms with E-state index >= 15 is 0 Å². The molecule has 0 atom stereocenters. The van der Waals surface area contributed by atoms with Crippen molar-refractivity contribution in [2.24, 2.45) is 5.92 Å². The van der Waals surface area contributed by atoms with E-state index in [9.17, 15) is 9.59 Å². The normalized spacial score (nSPS) is 14.8. The lowest BCUT2D eigenvalue weighted by Crippen LogP contribution is -2.42. The number of amides is 2. The van der Waals surface area contributed by atoms with E-state index in [1.165, 1.54) is 77.0 Å². The molecule has 0 aromatic heterocycles.